The van der Waals surface area contributed by atoms with Crippen LogP contribution in [0.4, 0.5) is 32.2 Å². The van der Waals surface area contributed by atoms with Crippen molar-refractivity contribution in [1.29, 1.82) is 0 Å². The molecule has 0 amide bonds. The van der Waals surface area contributed by atoms with Gasteiger partial charge in [-0.15, -0.1) is 0 Å². The molecule has 0 unspecified atom stereocenters. The second-order valence-electron chi connectivity index (χ2n) is 4.70. The molecule has 0 aliphatic rings. The lowest BCUT2D eigenvalue weighted by Gasteiger charge is -2.13. The maximum Gasteiger partial charge on any atom is 0.436 e. The van der Waals surface area contributed by atoms with Gasteiger partial charge in [0, 0.05) is 10.7 Å². The molecule has 0 aliphatic heterocycles. The summed E-state index contributed by atoms with van der Waals surface area (Å²) in [5.41, 5.74) is 1.43. The molecule has 15 heteroatoms. The molecule has 144 valence electrons. The largest absolute Gasteiger partial charge is 0.436 e. The maximum atomic E-state index is 13.0. The van der Waals surface area contributed by atoms with Gasteiger partial charge in [-0.05, 0) is 12.1 Å². The molecule has 0 bridgehead atoms. The van der Waals surface area contributed by atoms with Gasteiger partial charge in [0.25, 0.3) is 9.05 Å². The summed E-state index contributed by atoms with van der Waals surface area (Å²) < 4.78 is 100. The van der Waals surface area contributed by atoms with Gasteiger partial charge >= 0.3 is 12.4 Å². The van der Waals surface area contributed by atoms with Crippen LogP contribution in [0.15, 0.2) is 17.0 Å². The minimum absolute atomic E-state index is 0.156. The molecule has 0 spiro atoms. The lowest BCUT2D eigenvalue weighted by atomic mass is 10.2. The first-order valence-corrected chi connectivity index (χ1v) is 9.08. The van der Waals surface area contributed by atoms with E-state index in [9.17, 15) is 34.8 Å². The van der Waals surface area contributed by atoms with Crippen molar-refractivity contribution in [3.05, 3.63) is 33.4 Å². The molecule has 1 aromatic carbocycles. The zero-order valence-electron chi connectivity index (χ0n) is 11.8. The molecular formula is C11H4Cl3F6N3O2S. The highest BCUT2D eigenvalue weighted by Gasteiger charge is 2.43. The Bertz CT molecular complexity index is 961. The third-order valence-corrected chi connectivity index (χ3v) is 4.87. The van der Waals surface area contributed by atoms with E-state index >= 15 is 0 Å². The fraction of sp³-hybridized carbons (Fsp3) is 0.182. The molecule has 1 heterocycles. The van der Waals surface area contributed by atoms with Crippen molar-refractivity contribution in [2.45, 2.75) is 17.2 Å². The molecule has 2 N–H and O–H groups in total. The van der Waals surface area contributed by atoms with Crippen LogP contribution >= 0.6 is 33.9 Å². The number of nitrogen functional groups attached to an aromatic ring is 1. The topological polar surface area (TPSA) is 78.0 Å². The summed E-state index contributed by atoms with van der Waals surface area (Å²) in [4.78, 5) is -1.57. The van der Waals surface area contributed by atoms with E-state index in [-0.39, 0.29) is 4.68 Å². The molecule has 0 aliphatic carbocycles. The number of alkyl halides is 6. The monoisotopic (exact) mass is 461 g/mol. The predicted molar refractivity (Wildman–Crippen MR) is 81.0 cm³/mol. The Kier molecular flexibility index (Phi) is 5.12. The lowest BCUT2D eigenvalue weighted by Crippen LogP contribution is -2.11. The van der Waals surface area contributed by atoms with Crippen LogP contribution in [0, 0.1) is 0 Å². The van der Waals surface area contributed by atoms with Crippen molar-refractivity contribution in [3.63, 3.8) is 0 Å². The van der Waals surface area contributed by atoms with E-state index in [1.807, 2.05) is 0 Å². The first-order valence-electron chi connectivity index (χ1n) is 6.02. The van der Waals surface area contributed by atoms with E-state index in [1.54, 1.807) is 0 Å². The molecule has 2 rings (SSSR count). The van der Waals surface area contributed by atoms with Crippen LogP contribution in [0.2, 0.25) is 10.0 Å². The van der Waals surface area contributed by atoms with E-state index in [2.05, 4.69) is 5.10 Å². The van der Waals surface area contributed by atoms with E-state index < -0.39 is 59.1 Å². The Morgan fingerprint density at radius 1 is 1.00 bits per heavy atom. The summed E-state index contributed by atoms with van der Waals surface area (Å²) in [7, 11) is -0.0492. The molecule has 0 fully saturated rings. The van der Waals surface area contributed by atoms with Crippen molar-refractivity contribution in [2.75, 3.05) is 5.73 Å². The average Bonchev–Trinajstić information content (AvgIpc) is 2.74. The number of anilines is 1. The number of nitrogens with zero attached hydrogens (tertiary/aromatic N) is 2. The number of hydrogen-bond acceptors (Lipinski definition) is 4. The third kappa shape index (κ3) is 3.82. The summed E-state index contributed by atoms with van der Waals surface area (Å²) in [5, 5.41) is 1.44. The predicted octanol–water partition coefficient (Wildman–Crippen LogP) is 4.73. The van der Waals surface area contributed by atoms with Gasteiger partial charge in [0.2, 0.25) is 0 Å². The van der Waals surface area contributed by atoms with Crippen molar-refractivity contribution in [2.24, 2.45) is 0 Å². The first-order chi connectivity index (χ1) is 11.5. The molecule has 0 radical (unpaired) electrons. The number of nitrogens with two attached hydrogens (primary N) is 1. The Labute approximate surface area is 155 Å². The number of hydrogen-bond donors (Lipinski definition) is 1. The van der Waals surface area contributed by atoms with Crippen LogP contribution in [-0.4, -0.2) is 18.2 Å². The van der Waals surface area contributed by atoms with Crippen LogP contribution in [0.1, 0.15) is 11.3 Å². The third-order valence-electron chi connectivity index (χ3n) is 2.94. The van der Waals surface area contributed by atoms with Crippen molar-refractivity contribution < 1.29 is 34.8 Å². The lowest BCUT2D eigenvalue weighted by molar-refractivity contribution is -0.143. The first kappa shape index (κ1) is 20.9. The minimum Gasteiger partial charge on any atom is -0.382 e. The normalized spacial score (nSPS) is 13.3. The van der Waals surface area contributed by atoms with Gasteiger partial charge in [0.1, 0.15) is 11.5 Å². The highest BCUT2D eigenvalue weighted by atomic mass is 35.7. The number of benzene rings is 1. The fourth-order valence-electron chi connectivity index (χ4n) is 1.94. The molecular weight excluding hydrogens is 459 g/mol. The quantitative estimate of drug-likeness (QED) is 0.517. The number of aromatic nitrogens is 2. The van der Waals surface area contributed by atoms with E-state index in [1.165, 1.54) is 0 Å². The van der Waals surface area contributed by atoms with Crippen molar-refractivity contribution in [1.82, 2.24) is 9.78 Å². The van der Waals surface area contributed by atoms with Crippen LogP contribution in [-0.2, 0) is 21.4 Å². The van der Waals surface area contributed by atoms with Gasteiger partial charge in [-0.25, -0.2) is 13.1 Å². The fourth-order valence-corrected chi connectivity index (χ4v) is 3.77. The molecule has 5 nitrogen and oxygen atoms in total. The molecule has 0 atom stereocenters. The van der Waals surface area contributed by atoms with Crippen LogP contribution in [0.5, 0.6) is 0 Å². The Morgan fingerprint density at radius 2 is 1.46 bits per heavy atom. The summed E-state index contributed by atoms with van der Waals surface area (Å²) in [6.07, 6.45) is -10.1. The van der Waals surface area contributed by atoms with E-state index in [0.717, 1.165) is 0 Å². The summed E-state index contributed by atoms with van der Waals surface area (Å²) in [5.74, 6) is -1.13. The molecule has 2 aromatic rings. The van der Waals surface area contributed by atoms with Gasteiger partial charge in [-0.1, -0.05) is 23.2 Å². The van der Waals surface area contributed by atoms with Crippen molar-refractivity contribution >= 4 is 48.8 Å². The smallest absolute Gasteiger partial charge is 0.382 e. The van der Waals surface area contributed by atoms with Gasteiger partial charge in [0.15, 0.2) is 10.6 Å². The number of rotatable bonds is 2. The SMILES string of the molecule is Nc1c(S(=O)(=O)Cl)c(C(F)(F)F)nn1-c1c(Cl)cc(C(F)(F)F)cc1Cl. The van der Waals surface area contributed by atoms with E-state index in [4.69, 9.17) is 39.6 Å². The summed E-state index contributed by atoms with van der Waals surface area (Å²) in [6.45, 7) is 0. The maximum absolute atomic E-state index is 13.0. The van der Waals surface area contributed by atoms with Gasteiger partial charge in [-0.3, -0.25) is 0 Å². The number of halogens is 9. The van der Waals surface area contributed by atoms with Crippen LogP contribution in [0.25, 0.3) is 5.69 Å². The highest BCUT2D eigenvalue weighted by molar-refractivity contribution is 8.13. The zero-order chi connectivity index (χ0) is 20.2. The minimum atomic E-state index is -5.29. The van der Waals surface area contributed by atoms with E-state index in [0.29, 0.717) is 12.1 Å². The second-order valence-corrected chi connectivity index (χ2v) is 8.01. The molecule has 26 heavy (non-hydrogen) atoms. The summed E-state index contributed by atoms with van der Waals surface area (Å²) in [6, 6.07) is 0.734. The Balaban J connectivity index is 2.85. The zero-order valence-corrected chi connectivity index (χ0v) is 14.8. The van der Waals surface area contributed by atoms with Crippen LogP contribution in [0.3, 0.4) is 0 Å². The van der Waals surface area contributed by atoms with Crippen LogP contribution < -0.4 is 5.73 Å². The van der Waals surface area contributed by atoms with Gasteiger partial charge in [0.05, 0.1) is 15.6 Å². The average molecular weight is 463 g/mol. The molecule has 1 aromatic heterocycles. The standard InChI is InChI=1S/C11H4Cl3F6N3O2S/c12-4-1-3(10(15,16)17)2-5(13)6(4)23-9(21)7(26(14,24)25)8(22-23)11(18,19)20/h1-2H,21H2. The second kappa shape index (κ2) is 6.36. The van der Waals surface area contributed by atoms with Gasteiger partial charge in [-0.2, -0.15) is 31.4 Å². The Morgan fingerprint density at radius 3 is 1.77 bits per heavy atom. The van der Waals surface area contributed by atoms with Gasteiger partial charge < -0.3 is 5.73 Å². The molecule has 0 saturated heterocycles. The Hall–Kier alpha value is -1.37. The summed E-state index contributed by atoms with van der Waals surface area (Å²) >= 11 is 11.3. The highest BCUT2D eigenvalue weighted by Crippen LogP contribution is 2.42. The molecule has 0 saturated carbocycles. The van der Waals surface area contributed by atoms with Crippen molar-refractivity contribution in [3.8, 4) is 5.69 Å².